The minimum atomic E-state index is 0. The molecular weight excluding hydrogens is 491 g/mol. The van der Waals surface area contributed by atoms with Gasteiger partial charge in [-0.15, -0.1) is 24.0 Å². The van der Waals surface area contributed by atoms with Gasteiger partial charge in [-0.25, -0.2) is 4.99 Å². The molecule has 30 heavy (non-hydrogen) atoms. The van der Waals surface area contributed by atoms with E-state index in [0.717, 1.165) is 38.6 Å². The molecule has 0 spiro atoms. The Balaban J connectivity index is 0.00000450. The molecule has 172 valence electrons. The molecule has 1 fully saturated rings. The maximum absolute atomic E-state index is 5.51. The number of benzene rings is 1. The molecule has 0 saturated carbocycles. The molecule has 6 nitrogen and oxygen atoms in total. The van der Waals surface area contributed by atoms with Crippen molar-refractivity contribution in [1.29, 1.82) is 0 Å². The first-order chi connectivity index (χ1) is 14.2. The predicted molar refractivity (Wildman–Crippen MR) is 136 cm³/mol. The molecule has 1 saturated heterocycles. The second-order valence-electron chi connectivity index (χ2n) is 7.66. The second kappa shape index (κ2) is 16.8. The first kappa shape index (κ1) is 27.1. The molecule has 1 aromatic carbocycles. The number of nitrogens with one attached hydrogen (secondary N) is 2. The van der Waals surface area contributed by atoms with Gasteiger partial charge in [0.05, 0.1) is 19.8 Å². The molecular formula is C23H41IN4O2. The molecule has 0 bridgehead atoms. The highest BCUT2D eigenvalue weighted by atomic mass is 127. The zero-order valence-electron chi connectivity index (χ0n) is 19.0. The van der Waals surface area contributed by atoms with Crippen molar-refractivity contribution in [2.24, 2.45) is 4.99 Å². The maximum atomic E-state index is 5.51. The van der Waals surface area contributed by atoms with Gasteiger partial charge in [-0.2, -0.15) is 0 Å². The van der Waals surface area contributed by atoms with Crippen LogP contribution in [0.1, 0.15) is 50.7 Å². The predicted octanol–water partition coefficient (Wildman–Crippen LogP) is 3.79. The monoisotopic (exact) mass is 532 g/mol. The highest BCUT2D eigenvalue weighted by Crippen LogP contribution is 2.21. The van der Waals surface area contributed by atoms with E-state index in [2.05, 4.69) is 53.6 Å². The zero-order valence-corrected chi connectivity index (χ0v) is 21.3. The third-order valence-electron chi connectivity index (χ3n) is 5.37. The van der Waals surface area contributed by atoms with E-state index in [9.17, 15) is 0 Å². The molecule has 1 aromatic rings. The summed E-state index contributed by atoms with van der Waals surface area (Å²) in [6, 6.07) is 9.39. The van der Waals surface area contributed by atoms with E-state index >= 15 is 0 Å². The van der Waals surface area contributed by atoms with Crippen LogP contribution in [0, 0.1) is 0 Å². The Morgan fingerprint density at radius 2 is 1.93 bits per heavy atom. The first-order valence-electron chi connectivity index (χ1n) is 11.1. The van der Waals surface area contributed by atoms with Crippen LogP contribution in [-0.2, 0) is 22.6 Å². The van der Waals surface area contributed by atoms with Crippen LogP contribution in [0.25, 0.3) is 0 Å². The molecule has 1 aliphatic heterocycles. The van der Waals surface area contributed by atoms with Crippen LogP contribution in [0.15, 0.2) is 29.3 Å². The number of hydrogen-bond donors (Lipinski definition) is 2. The Morgan fingerprint density at radius 3 is 2.67 bits per heavy atom. The Kier molecular flexibility index (Phi) is 15.2. The van der Waals surface area contributed by atoms with Crippen molar-refractivity contribution < 1.29 is 9.47 Å². The summed E-state index contributed by atoms with van der Waals surface area (Å²) in [7, 11) is 1.69. The molecule has 1 heterocycles. The van der Waals surface area contributed by atoms with Crippen LogP contribution in [0.5, 0.6) is 0 Å². The number of guanidine groups is 1. The minimum absolute atomic E-state index is 0. The van der Waals surface area contributed by atoms with Crippen LogP contribution in [0.3, 0.4) is 0 Å². The van der Waals surface area contributed by atoms with Crippen molar-refractivity contribution >= 4 is 29.9 Å². The fourth-order valence-electron chi connectivity index (χ4n) is 3.61. The van der Waals surface area contributed by atoms with Crippen molar-refractivity contribution in [3.63, 3.8) is 0 Å². The fourth-order valence-corrected chi connectivity index (χ4v) is 3.61. The van der Waals surface area contributed by atoms with Crippen molar-refractivity contribution in [1.82, 2.24) is 15.5 Å². The largest absolute Gasteiger partial charge is 0.382 e. The van der Waals surface area contributed by atoms with Crippen LogP contribution in [0.4, 0.5) is 0 Å². The summed E-state index contributed by atoms with van der Waals surface area (Å²) in [5, 5.41) is 6.75. The number of aliphatic imine (C=N–C) groups is 1. The number of halogens is 1. The lowest BCUT2D eigenvalue weighted by Crippen LogP contribution is -2.38. The van der Waals surface area contributed by atoms with Crippen molar-refractivity contribution in [3.05, 3.63) is 35.4 Å². The van der Waals surface area contributed by atoms with Crippen molar-refractivity contribution in [2.45, 2.75) is 58.7 Å². The molecule has 0 aromatic heterocycles. The molecule has 1 aliphatic rings. The van der Waals surface area contributed by atoms with Crippen molar-refractivity contribution in [3.8, 4) is 0 Å². The molecule has 1 atom stereocenters. The van der Waals surface area contributed by atoms with Gasteiger partial charge in [0.25, 0.3) is 0 Å². The third kappa shape index (κ3) is 10.4. The number of hydrogen-bond acceptors (Lipinski definition) is 4. The van der Waals surface area contributed by atoms with Crippen LogP contribution < -0.4 is 10.6 Å². The Morgan fingerprint density at radius 1 is 1.13 bits per heavy atom. The number of piperidine rings is 1. The van der Waals surface area contributed by atoms with E-state index in [4.69, 9.17) is 14.5 Å². The molecule has 2 N–H and O–H groups in total. The van der Waals surface area contributed by atoms with Crippen LogP contribution in [0.2, 0.25) is 0 Å². The normalized spacial score (nSPS) is 17.4. The van der Waals surface area contributed by atoms with E-state index in [-0.39, 0.29) is 24.0 Å². The van der Waals surface area contributed by atoms with Gasteiger partial charge in [0.2, 0.25) is 0 Å². The van der Waals surface area contributed by atoms with Crippen LogP contribution >= 0.6 is 24.0 Å². The lowest BCUT2D eigenvalue weighted by atomic mass is 10.0. The summed E-state index contributed by atoms with van der Waals surface area (Å²) in [5.41, 5.74) is 2.71. The highest BCUT2D eigenvalue weighted by molar-refractivity contribution is 14.0. The Bertz CT molecular complexity index is 600. The quantitative estimate of drug-likeness (QED) is 0.186. The first-order valence-corrected chi connectivity index (χ1v) is 11.1. The van der Waals surface area contributed by atoms with Gasteiger partial charge in [-0.1, -0.05) is 30.7 Å². The Labute approximate surface area is 200 Å². The Hall–Kier alpha value is -0.900. The number of rotatable bonds is 12. The summed E-state index contributed by atoms with van der Waals surface area (Å²) >= 11 is 0. The molecule has 7 heteroatoms. The number of methoxy groups -OCH3 is 1. The van der Waals surface area contributed by atoms with E-state index < -0.39 is 0 Å². The third-order valence-corrected chi connectivity index (χ3v) is 5.37. The van der Waals surface area contributed by atoms with E-state index in [1.54, 1.807) is 7.11 Å². The summed E-state index contributed by atoms with van der Waals surface area (Å²) in [6.45, 7) is 11.1. The van der Waals surface area contributed by atoms with Gasteiger partial charge < -0.3 is 20.1 Å². The number of ether oxygens (including phenoxy) is 2. The lowest BCUT2D eigenvalue weighted by Gasteiger charge is -2.33. The van der Waals surface area contributed by atoms with Gasteiger partial charge in [0.15, 0.2) is 5.96 Å². The maximum Gasteiger partial charge on any atom is 0.191 e. The van der Waals surface area contributed by atoms with Crippen molar-refractivity contribution in [2.75, 3.05) is 46.6 Å². The molecule has 0 amide bonds. The topological polar surface area (TPSA) is 58.1 Å². The highest BCUT2D eigenvalue weighted by Gasteiger charge is 2.19. The van der Waals surface area contributed by atoms with Gasteiger partial charge in [-0.05, 0) is 50.8 Å². The average Bonchev–Trinajstić information content (AvgIpc) is 2.74. The number of likely N-dealkylation sites (tertiary alicyclic amines) is 1. The van der Waals surface area contributed by atoms with Crippen LogP contribution in [-0.4, -0.2) is 63.5 Å². The number of nitrogens with zero attached hydrogens (tertiary/aromatic N) is 2. The summed E-state index contributed by atoms with van der Waals surface area (Å²) in [5.74, 6) is 0.866. The second-order valence-corrected chi connectivity index (χ2v) is 7.66. The summed E-state index contributed by atoms with van der Waals surface area (Å²) in [4.78, 5) is 7.43. The van der Waals surface area contributed by atoms with Gasteiger partial charge in [0.1, 0.15) is 0 Å². The van der Waals surface area contributed by atoms with Gasteiger partial charge in [0, 0.05) is 39.4 Å². The van der Waals surface area contributed by atoms with E-state index in [0.29, 0.717) is 25.8 Å². The zero-order chi connectivity index (χ0) is 20.7. The molecule has 2 rings (SSSR count). The standard InChI is InChI=1S/C23H40N4O2.HI/c1-4-24-23(25-13-9-15-29-17-16-28-3)26-18-21-11-5-6-12-22(21)19-27-14-8-7-10-20(27)2;/h5-6,11-12,20H,4,7-10,13-19H2,1-3H3,(H2,24,25,26);1H. The smallest absolute Gasteiger partial charge is 0.191 e. The average molecular weight is 533 g/mol. The van der Waals surface area contributed by atoms with E-state index in [1.165, 1.54) is 36.9 Å². The summed E-state index contributed by atoms with van der Waals surface area (Å²) < 4.78 is 10.5. The molecule has 0 radical (unpaired) electrons. The van der Waals surface area contributed by atoms with Gasteiger partial charge >= 0.3 is 0 Å². The lowest BCUT2D eigenvalue weighted by molar-refractivity contribution is 0.0698. The summed E-state index contributed by atoms with van der Waals surface area (Å²) in [6.07, 6.45) is 4.93. The SMILES string of the molecule is CCNC(=NCc1ccccc1CN1CCCCC1C)NCCCOCCOC.I. The fraction of sp³-hybridized carbons (Fsp3) is 0.696. The van der Waals surface area contributed by atoms with E-state index in [1.807, 2.05) is 0 Å². The molecule has 0 aliphatic carbocycles. The van der Waals surface area contributed by atoms with Gasteiger partial charge in [-0.3, -0.25) is 4.90 Å². The minimum Gasteiger partial charge on any atom is -0.382 e. The molecule has 1 unspecified atom stereocenters.